The van der Waals surface area contributed by atoms with Crippen molar-refractivity contribution in [2.75, 3.05) is 13.1 Å². The zero-order valence-corrected chi connectivity index (χ0v) is 9.03. The Kier molecular flexibility index (Phi) is 2.77. The molecule has 0 aliphatic carbocycles. The van der Waals surface area contributed by atoms with Crippen LogP contribution in [0.3, 0.4) is 0 Å². The van der Waals surface area contributed by atoms with E-state index in [0.717, 1.165) is 25.4 Å². The number of hydrogen-bond acceptors (Lipinski definition) is 3. The summed E-state index contributed by atoms with van der Waals surface area (Å²) in [5.74, 6) is 0.813. The summed E-state index contributed by atoms with van der Waals surface area (Å²) in [6.07, 6.45) is 3.44. The number of hydrogen-bond donors (Lipinski definition) is 0. The van der Waals surface area contributed by atoms with Crippen LogP contribution < -0.4 is 0 Å². The quantitative estimate of drug-likeness (QED) is 0.595. The molecule has 2 heterocycles. The van der Waals surface area contributed by atoms with Crippen LogP contribution in [-0.4, -0.2) is 36.1 Å². The molecule has 2 aliphatic rings. The minimum Gasteiger partial charge on any atom is -0.461 e. The molecule has 2 atom stereocenters. The van der Waals surface area contributed by atoms with E-state index in [9.17, 15) is 4.79 Å². The second kappa shape index (κ2) is 3.89. The summed E-state index contributed by atoms with van der Waals surface area (Å²) < 4.78 is 5.17. The van der Waals surface area contributed by atoms with Gasteiger partial charge in [0.05, 0.1) is 0 Å². The van der Waals surface area contributed by atoms with E-state index in [-0.39, 0.29) is 18.1 Å². The van der Waals surface area contributed by atoms with Crippen LogP contribution in [0.25, 0.3) is 0 Å². The maximum Gasteiger partial charge on any atom is 0.323 e. The fourth-order valence-corrected chi connectivity index (χ4v) is 2.37. The first-order chi connectivity index (χ1) is 6.66. The Morgan fingerprint density at radius 2 is 1.93 bits per heavy atom. The van der Waals surface area contributed by atoms with Crippen LogP contribution in [0.15, 0.2) is 0 Å². The van der Waals surface area contributed by atoms with Gasteiger partial charge < -0.3 is 4.74 Å². The van der Waals surface area contributed by atoms with E-state index in [4.69, 9.17) is 4.74 Å². The Morgan fingerprint density at radius 1 is 1.29 bits per heavy atom. The number of rotatable bonds is 1. The first-order valence-electron chi connectivity index (χ1n) is 5.61. The van der Waals surface area contributed by atoms with Crippen LogP contribution >= 0.6 is 0 Å². The highest BCUT2D eigenvalue weighted by molar-refractivity contribution is 5.77. The van der Waals surface area contributed by atoms with Crippen LogP contribution in [0.5, 0.6) is 0 Å². The zero-order chi connectivity index (χ0) is 10.1. The largest absolute Gasteiger partial charge is 0.461 e. The summed E-state index contributed by atoms with van der Waals surface area (Å²) in [6, 6.07) is 0.0532. The molecule has 2 aliphatic heterocycles. The zero-order valence-electron chi connectivity index (χ0n) is 9.03. The summed E-state index contributed by atoms with van der Waals surface area (Å²) in [6.45, 7) is 6.39. The summed E-state index contributed by atoms with van der Waals surface area (Å²) in [5, 5.41) is 0. The third-order valence-electron chi connectivity index (χ3n) is 3.40. The summed E-state index contributed by atoms with van der Waals surface area (Å²) in [4.78, 5) is 13.8. The van der Waals surface area contributed by atoms with Crippen LogP contribution in [0, 0.1) is 5.92 Å². The van der Waals surface area contributed by atoms with Gasteiger partial charge in [0, 0.05) is 6.42 Å². The van der Waals surface area contributed by atoms with E-state index in [1.54, 1.807) is 0 Å². The smallest absolute Gasteiger partial charge is 0.323 e. The van der Waals surface area contributed by atoms with Crippen molar-refractivity contribution < 1.29 is 9.53 Å². The van der Waals surface area contributed by atoms with Gasteiger partial charge in [-0.05, 0) is 38.8 Å². The molecule has 0 aromatic heterocycles. The predicted molar refractivity (Wildman–Crippen MR) is 53.9 cm³/mol. The van der Waals surface area contributed by atoms with Crippen molar-refractivity contribution in [3.63, 3.8) is 0 Å². The minimum absolute atomic E-state index is 0.00736. The average molecular weight is 197 g/mol. The molecule has 3 nitrogen and oxygen atoms in total. The fraction of sp³-hybridized carbons (Fsp3) is 0.909. The number of ether oxygens (including phenoxy) is 1. The normalized spacial score (nSPS) is 36.0. The van der Waals surface area contributed by atoms with E-state index in [1.165, 1.54) is 12.8 Å². The highest BCUT2D eigenvalue weighted by Crippen LogP contribution is 2.24. The lowest BCUT2D eigenvalue weighted by atomic mass is 9.97. The molecule has 2 rings (SSSR count). The molecule has 14 heavy (non-hydrogen) atoms. The lowest BCUT2D eigenvalue weighted by Crippen LogP contribution is -2.43. The van der Waals surface area contributed by atoms with E-state index in [2.05, 4.69) is 11.8 Å². The van der Waals surface area contributed by atoms with Crippen LogP contribution in [-0.2, 0) is 9.53 Å². The monoisotopic (exact) mass is 197 g/mol. The third-order valence-corrected chi connectivity index (χ3v) is 3.40. The van der Waals surface area contributed by atoms with Crippen LogP contribution in [0.2, 0.25) is 0 Å². The Morgan fingerprint density at radius 3 is 2.43 bits per heavy atom. The van der Waals surface area contributed by atoms with Gasteiger partial charge in [0.2, 0.25) is 0 Å². The molecule has 0 N–H and O–H groups in total. The number of piperidine rings is 1. The summed E-state index contributed by atoms with van der Waals surface area (Å²) in [5.41, 5.74) is 0. The summed E-state index contributed by atoms with van der Waals surface area (Å²) >= 11 is 0. The lowest BCUT2D eigenvalue weighted by Gasteiger charge is -2.32. The topological polar surface area (TPSA) is 29.5 Å². The number of esters is 1. The van der Waals surface area contributed by atoms with Crippen LogP contribution in [0.4, 0.5) is 0 Å². The highest BCUT2D eigenvalue weighted by atomic mass is 16.6. The van der Waals surface area contributed by atoms with E-state index >= 15 is 0 Å². The van der Waals surface area contributed by atoms with Gasteiger partial charge in [0.25, 0.3) is 0 Å². The van der Waals surface area contributed by atoms with Gasteiger partial charge in [-0.3, -0.25) is 9.69 Å². The molecule has 80 valence electrons. The number of carbonyl (C=O) groups is 1. The van der Waals surface area contributed by atoms with Crippen LogP contribution in [0.1, 0.15) is 33.1 Å². The molecule has 2 saturated heterocycles. The first-order valence-corrected chi connectivity index (χ1v) is 5.61. The number of carbonyl (C=O) groups excluding carboxylic acids is 1. The Balaban J connectivity index is 1.92. The van der Waals surface area contributed by atoms with Gasteiger partial charge in [-0.15, -0.1) is 0 Å². The van der Waals surface area contributed by atoms with Crippen molar-refractivity contribution in [2.45, 2.75) is 45.3 Å². The minimum atomic E-state index is -0.00736. The van der Waals surface area contributed by atoms with Crippen molar-refractivity contribution in [3.05, 3.63) is 0 Å². The Bertz CT molecular complexity index is 221. The van der Waals surface area contributed by atoms with Gasteiger partial charge in [-0.2, -0.15) is 0 Å². The molecule has 0 unspecified atom stereocenters. The third kappa shape index (κ3) is 1.92. The van der Waals surface area contributed by atoms with Gasteiger partial charge in [-0.25, -0.2) is 0 Å². The molecule has 0 radical (unpaired) electrons. The van der Waals surface area contributed by atoms with Gasteiger partial charge in [0.1, 0.15) is 12.1 Å². The second-order valence-corrected chi connectivity index (χ2v) is 4.72. The van der Waals surface area contributed by atoms with Crippen molar-refractivity contribution in [1.82, 2.24) is 4.90 Å². The maximum absolute atomic E-state index is 11.5. The molecule has 0 aromatic carbocycles. The number of likely N-dealkylation sites (tertiary alicyclic amines) is 1. The molecular formula is C11H19NO2. The standard InChI is InChI=1S/C11H19NO2/c1-8-3-5-12(6-4-8)10-7-9(2)14-11(10)13/h8-10H,3-7H2,1-2H3/t9-,10-/m1/s1. The van der Waals surface area contributed by atoms with E-state index in [0.29, 0.717) is 0 Å². The highest BCUT2D eigenvalue weighted by Gasteiger charge is 2.37. The molecule has 0 spiro atoms. The number of nitrogens with zero attached hydrogens (tertiary/aromatic N) is 1. The van der Waals surface area contributed by atoms with Crippen molar-refractivity contribution in [2.24, 2.45) is 5.92 Å². The van der Waals surface area contributed by atoms with Crippen molar-refractivity contribution in [3.8, 4) is 0 Å². The predicted octanol–water partition coefficient (Wildman–Crippen LogP) is 1.42. The lowest BCUT2D eigenvalue weighted by molar-refractivity contribution is -0.145. The van der Waals surface area contributed by atoms with Gasteiger partial charge >= 0.3 is 5.97 Å². The van der Waals surface area contributed by atoms with E-state index in [1.807, 2.05) is 6.92 Å². The second-order valence-electron chi connectivity index (χ2n) is 4.72. The van der Waals surface area contributed by atoms with Gasteiger partial charge in [0.15, 0.2) is 0 Å². The Hall–Kier alpha value is -0.570. The first kappa shape index (κ1) is 9.97. The average Bonchev–Trinajstić information content (AvgIpc) is 2.47. The Labute approximate surface area is 85.4 Å². The molecule has 3 heteroatoms. The maximum atomic E-state index is 11.5. The molecule has 0 aromatic rings. The SMILES string of the molecule is CC1CCN([C@@H]2C[C@@H](C)OC2=O)CC1. The number of cyclic esters (lactones) is 1. The molecule has 0 amide bonds. The van der Waals surface area contributed by atoms with Gasteiger partial charge in [-0.1, -0.05) is 6.92 Å². The summed E-state index contributed by atoms with van der Waals surface area (Å²) in [7, 11) is 0. The molecule has 2 fully saturated rings. The van der Waals surface area contributed by atoms with Crippen molar-refractivity contribution >= 4 is 5.97 Å². The molecule has 0 saturated carbocycles. The van der Waals surface area contributed by atoms with Crippen molar-refractivity contribution in [1.29, 1.82) is 0 Å². The fourth-order valence-electron chi connectivity index (χ4n) is 2.37. The molecular weight excluding hydrogens is 178 g/mol. The van der Waals surface area contributed by atoms with E-state index < -0.39 is 0 Å². The molecule has 0 bridgehead atoms.